The molecule has 1 aromatic carbocycles. The van der Waals surface area contributed by atoms with Crippen LogP contribution < -0.4 is 5.73 Å². The van der Waals surface area contributed by atoms with E-state index >= 15 is 0 Å². The van der Waals surface area contributed by atoms with Gasteiger partial charge in [0.05, 0.1) is 10.2 Å². The number of halogens is 1. The summed E-state index contributed by atoms with van der Waals surface area (Å²) in [6.45, 7) is 0. The quantitative estimate of drug-likeness (QED) is 0.732. The number of aromatic nitrogens is 3. The lowest BCUT2D eigenvalue weighted by Crippen LogP contribution is -1.95. The van der Waals surface area contributed by atoms with Gasteiger partial charge in [0.15, 0.2) is 5.82 Å². The highest BCUT2D eigenvalue weighted by molar-refractivity contribution is 7.21. The van der Waals surface area contributed by atoms with Crippen molar-refractivity contribution in [3.8, 4) is 10.7 Å². The molecule has 2 aromatic heterocycles. The lowest BCUT2D eigenvalue weighted by molar-refractivity contribution is 1.21. The van der Waals surface area contributed by atoms with E-state index in [1.54, 1.807) is 12.4 Å². The second kappa shape index (κ2) is 3.94. The Morgan fingerprint density at radius 1 is 1.18 bits per heavy atom. The average molecular weight is 263 g/mol. The number of benzene rings is 1. The molecule has 0 atom stereocenters. The van der Waals surface area contributed by atoms with E-state index in [9.17, 15) is 0 Å². The van der Waals surface area contributed by atoms with Crippen molar-refractivity contribution in [3.05, 3.63) is 35.6 Å². The van der Waals surface area contributed by atoms with E-state index in [2.05, 4.69) is 15.0 Å². The minimum Gasteiger partial charge on any atom is -0.382 e. The number of fused-ring (bicyclic) bond motifs is 1. The second-order valence-electron chi connectivity index (χ2n) is 3.42. The second-order valence-corrected chi connectivity index (χ2v) is 4.89. The zero-order valence-electron chi connectivity index (χ0n) is 8.59. The fraction of sp³-hybridized carbons (Fsp3) is 0. The summed E-state index contributed by atoms with van der Waals surface area (Å²) >= 11 is 7.44. The molecule has 3 aromatic rings. The number of hydrogen-bond acceptors (Lipinski definition) is 5. The molecule has 6 heteroatoms. The van der Waals surface area contributed by atoms with Crippen molar-refractivity contribution < 1.29 is 0 Å². The van der Waals surface area contributed by atoms with Gasteiger partial charge in [0.2, 0.25) is 0 Å². The van der Waals surface area contributed by atoms with Gasteiger partial charge in [-0.25, -0.2) is 15.0 Å². The van der Waals surface area contributed by atoms with E-state index in [-0.39, 0.29) is 0 Å². The minimum absolute atomic E-state index is 0.387. The van der Waals surface area contributed by atoms with Gasteiger partial charge in [0.1, 0.15) is 10.7 Å². The van der Waals surface area contributed by atoms with Crippen LogP contribution in [0.2, 0.25) is 5.02 Å². The Bertz CT molecular complexity index is 695. The molecule has 0 radical (unpaired) electrons. The van der Waals surface area contributed by atoms with Crippen LogP contribution in [0.15, 0.2) is 30.6 Å². The van der Waals surface area contributed by atoms with Gasteiger partial charge < -0.3 is 5.73 Å². The first-order chi connectivity index (χ1) is 8.24. The lowest BCUT2D eigenvalue weighted by atomic mass is 10.3. The first-order valence-electron chi connectivity index (χ1n) is 4.87. The number of nitrogen functional groups attached to an aromatic ring is 1. The Morgan fingerprint density at radius 3 is 2.82 bits per heavy atom. The Morgan fingerprint density at radius 2 is 2.00 bits per heavy atom. The van der Waals surface area contributed by atoms with E-state index < -0.39 is 0 Å². The number of hydrogen-bond donors (Lipinski definition) is 1. The predicted octanol–water partition coefficient (Wildman–Crippen LogP) is 2.99. The van der Waals surface area contributed by atoms with E-state index in [1.165, 1.54) is 11.3 Å². The average Bonchev–Trinajstić information content (AvgIpc) is 2.72. The van der Waals surface area contributed by atoms with Gasteiger partial charge in [-0.2, -0.15) is 0 Å². The summed E-state index contributed by atoms with van der Waals surface area (Å²) < 4.78 is 1.05. The molecule has 4 nitrogen and oxygen atoms in total. The van der Waals surface area contributed by atoms with Crippen molar-refractivity contribution in [1.82, 2.24) is 15.0 Å². The number of thiazole rings is 1. The molecule has 0 bridgehead atoms. The summed E-state index contributed by atoms with van der Waals surface area (Å²) in [5.74, 6) is 0.387. The van der Waals surface area contributed by atoms with E-state index in [0.29, 0.717) is 16.5 Å². The highest BCUT2D eigenvalue weighted by atomic mass is 35.5. The number of nitrogens with zero attached hydrogens (tertiary/aromatic N) is 3. The van der Waals surface area contributed by atoms with Crippen molar-refractivity contribution in [1.29, 1.82) is 0 Å². The summed E-state index contributed by atoms with van der Waals surface area (Å²) in [7, 11) is 0. The monoisotopic (exact) mass is 262 g/mol. The highest BCUT2D eigenvalue weighted by Gasteiger charge is 2.11. The molecular formula is C11H7ClN4S. The van der Waals surface area contributed by atoms with E-state index in [0.717, 1.165) is 15.2 Å². The number of nitrogens with two attached hydrogens (primary N) is 1. The van der Waals surface area contributed by atoms with Crippen LogP contribution in [-0.4, -0.2) is 15.0 Å². The minimum atomic E-state index is 0.387. The number of anilines is 1. The molecule has 3 rings (SSSR count). The Hall–Kier alpha value is -1.72. The largest absolute Gasteiger partial charge is 0.382 e. The molecule has 2 N–H and O–H groups in total. The van der Waals surface area contributed by atoms with Gasteiger partial charge >= 0.3 is 0 Å². The summed E-state index contributed by atoms with van der Waals surface area (Å²) in [5.41, 5.74) is 7.24. The molecule has 0 spiro atoms. The summed E-state index contributed by atoms with van der Waals surface area (Å²) in [5, 5.41) is 1.43. The molecule has 0 aliphatic rings. The molecule has 2 heterocycles. The van der Waals surface area contributed by atoms with Gasteiger partial charge in [-0.3, -0.25) is 0 Å². The van der Waals surface area contributed by atoms with Crippen LogP contribution in [0.1, 0.15) is 0 Å². The number of rotatable bonds is 1. The third kappa shape index (κ3) is 1.83. The zero-order valence-corrected chi connectivity index (χ0v) is 10.2. The zero-order chi connectivity index (χ0) is 11.8. The van der Waals surface area contributed by atoms with Crippen molar-refractivity contribution in [3.63, 3.8) is 0 Å². The molecule has 0 saturated carbocycles. The lowest BCUT2D eigenvalue weighted by Gasteiger charge is -1.97. The Kier molecular flexibility index (Phi) is 2.42. The SMILES string of the molecule is Nc1nccnc1-c1nc2cc(Cl)ccc2s1. The molecule has 0 saturated heterocycles. The topological polar surface area (TPSA) is 64.7 Å². The first-order valence-corrected chi connectivity index (χ1v) is 6.06. The first kappa shape index (κ1) is 10.4. The molecular weight excluding hydrogens is 256 g/mol. The molecule has 84 valence electrons. The Balaban J connectivity index is 2.22. The van der Waals surface area contributed by atoms with Gasteiger partial charge in [0, 0.05) is 17.4 Å². The van der Waals surface area contributed by atoms with Gasteiger partial charge in [-0.1, -0.05) is 11.6 Å². The predicted molar refractivity (Wildman–Crippen MR) is 70.1 cm³/mol. The smallest absolute Gasteiger partial charge is 0.152 e. The van der Waals surface area contributed by atoms with Gasteiger partial charge in [-0.05, 0) is 18.2 Å². The van der Waals surface area contributed by atoms with Crippen LogP contribution in [0.5, 0.6) is 0 Å². The molecule has 0 aliphatic carbocycles. The normalized spacial score (nSPS) is 10.9. The van der Waals surface area contributed by atoms with Crippen molar-refractivity contribution in [2.24, 2.45) is 0 Å². The molecule has 17 heavy (non-hydrogen) atoms. The maximum absolute atomic E-state index is 5.92. The van der Waals surface area contributed by atoms with Crippen molar-refractivity contribution >= 4 is 39.0 Å². The Labute approximate surface area is 106 Å². The van der Waals surface area contributed by atoms with Crippen LogP contribution in [0, 0.1) is 0 Å². The molecule has 0 unspecified atom stereocenters. The maximum atomic E-state index is 5.92. The van der Waals surface area contributed by atoms with Crippen molar-refractivity contribution in [2.75, 3.05) is 5.73 Å². The summed E-state index contributed by atoms with van der Waals surface area (Å²) in [4.78, 5) is 12.6. The fourth-order valence-corrected chi connectivity index (χ4v) is 2.63. The van der Waals surface area contributed by atoms with Crippen LogP contribution in [0.4, 0.5) is 5.82 Å². The highest BCUT2D eigenvalue weighted by Crippen LogP contribution is 2.32. The summed E-state index contributed by atoms with van der Waals surface area (Å²) in [6, 6.07) is 5.60. The maximum Gasteiger partial charge on any atom is 0.152 e. The van der Waals surface area contributed by atoms with Gasteiger partial charge in [0.25, 0.3) is 0 Å². The van der Waals surface area contributed by atoms with Crippen LogP contribution >= 0.6 is 22.9 Å². The molecule has 0 aliphatic heterocycles. The third-order valence-electron chi connectivity index (χ3n) is 2.28. The summed E-state index contributed by atoms with van der Waals surface area (Å²) in [6.07, 6.45) is 3.16. The van der Waals surface area contributed by atoms with Crippen molar-refractivity contribution in [2.45, 2.75) is 0 Å². The van der Waals surface area contributed by atoms with Crippen LogP contribution in [0.3, 0.4) is 0 Å². The van der Waals surface area contributed by atoms with E-state index in [1.807, 2.05) is 18.2 Å². The third-order valence-corrected chi connectivity index (χ3v) is 3.56. The van der Waals surface area contributed by atoms with Crippen LogP contribution in [-0.2, 0) is 0 Å². The van der Waals surface area contributed by atoms with Gasteiger partial charge in [-0.15, -0.1) is 11.3 Å². The van der Waals surface area contributed by atoms with E-state index in [4.69, 9.17) is 17.3 Å². The molecule has 0 fully saturated rings. The molecule has 0 amide bonds. The fourth-order valence-electron chi connectivity index (χ4n) is 1.52. The standard InChI is InChI=1S/C11H7ClN4S/c12-6-1-2-8-7(5-6)16-11(17-8)9-10(13)15-4-3-14-9/h1-5H,(H2,13,15). The van der Waals surface area contributed by atoms with Crippen LogP contribution in [0.25, 0.3) is 20.9 Å².